The maximum atomic E-state index is 11.8. The van der Waals surface area contributed by atoms with Crippen LogP contribution in [0.5, 0.6) is 0 Å². The molecule has 0 aliphatic heterocycles. The van der Waals surface area contributed by atoms with Gasteiger partial charge in [0.1, 0.15) is 11.6 Å². The third-order valence-corrected chi connectivity index (χ3v) is 7.23. The summed E-state index contributed by atoms with van der Waals surface area (Å²) in [7, 11) is 0. The number of carboxylic acids is 1. The number of hydrogen-bond acceptors (Lipinski definition) is 3. The van der Waals surface area contributed by atoms with E-state index < -0.39 is 23.7 Å². The fraction of sp³-hybridized carbons (Fsp3) is 0.875. The molecule has 0 saturated heterocycles. The first kappa shape index (κ1) is 12.3. The number of amides is 1. The molecule has 114 valence electrons. The lowest BCUT2D eigenvalue weighted by molar-refractivity contribution is -0.616. The quantitative estimate of drug-likeness (QED) is 0.827. The molecule has 21 heavy (non-hydrogen) atoms. The van der Waals surface area contributed by atoms with Crippen molar-refractivity contribution in [2.45, 2.75) is 38.8 Å². The van der Waals surface area contributed by atoms with Gasteiger partial charge in [-0.1, -0.05) is 0 Å². The number of ether oxygens (including phenoxy) is 1. The maximum absolute atomic E-state index is 11.8. The summed E-state index contributed by atoms with van der Waals surface area (Å²) in [5.41, 5.74) is -0.318. The molecule has 0 aromatic rings. The molecule has 0 bridgehead atoms. The highest BCUT2D eigenvalue weighted by molar-refractivity contribution is 5.80. The Labute approximate surface area is 123 Å². The van der Waals surface area contributed by atoms with E-state index in [1.807, 2.05) is 0 Å². The van der Waals surface area contributed by atoms with Crippen molar-refractivity contribution in [1.82, 2.24) is 5.32 Å². The predicted octanol–water partition coefficient (Wildman–Crippen LogP) is 1.72. The largest absolute Gasteiger partial charge is 0.480 e. The second kappa shape index (κ2) is 3.08. The van der Waals surface area contributed by atoms with Gasteiger partial charge in [0, 0.05) is 0 Å². The number of carbonyl (C=O) groups excluding carboxylic acids is 1. The Kier molecular flexibility index (Phi) is 1.81. The van der Waals surface area contributed by atoms with Crippen LogP contribution in [0.15, 0.2) is 0 Å². The minimum Gasteiger partial charge on any atom is -0.480 e. The van der Waals surface area contributed by atoms with Gasteiger partial charge in [0.2, 0.25) is 0 Å². The third kappa shape index (κ3) is 1.05. The molecular weight excluding hydrogens is 270 g/mol. The van der Waals surface area contributed by atoms with Crippen molar-refractivity contribution < 1.29 is 19.4 Å². The van der Waals surface area contributed by atoms with E-state index in [0.717, 1.165) is 41.4 Å². The molecule has 6 aliphatic rings. The molecule has 6 rings (SSSR count). The number of aliphatic carboxylic acids is 1. The molecule has 5 nitrogen and oxygen atoms in total. The Morgan fingerprint density at radius 1 is 1.14 bits per heavy atom. The van der Waals surface area contributed by atoms with Gasteiger partial charge in [-0.15, -0.1) is 0 Å². The molecule has 2 N–H and O–H groups in total. The van der Waals surface area contributed by atoms with Crippen LogP contribution in [0.4, 0.5) is 4.79 Å². The summed E-state index contributed by atoms with van der Waals surface area (Å²) in [6.07, 6.45) is -0.00976. The summed E-state index contributed by atoms with van der Waals surface area (Å²) in [6.45, 7) is 5.34. The summed E-state index contributed by atoms with van der Waals surface area (Å²) in [5, 5.41) is 12.0. The predicted molar refractivity (Wildman–Crippen MR) is 72.3 cm³/mol. The first-order chi connectivity index (χ1) is 9.77. The monoisotopic (exact) mass is 291 g/mol. The fourth-order valence-corrected chi connectivity index (χ4v) is 7.08. The van der Waals surface area contributed by atoms with Gasteiger partial charge in [0.25, 0.3) is 0 Å². The second-order valence-corrected chi connectivity index (χ2v) is 8.74. The number of rotatable bonds is 4. The van der Waals surface area contributed by atoms with Crippen LogP contribution in [-0.4, -0.2) is 28.8 Å². The molecule has 0 radical (unpaired) electrons. The van der Waals surface area contributed by atoms with E-state index in [0.29, 0.717) is 6.42 Å². The number of alkyl carbamates (subject to hydrolysis) is 1. The highest BCUT2D eigenvalue weighted by Crippen LogP contribution is 3.06. The zero-order valence-electron chi connectivity index (χ0n) is 12.5. The lowest BCUT2D eigenvalue weighted by atomic mass is 8.96. The Morgan fingerprint density at radius 3 is 2.10 bits per heavy atom. The van der Waals surface area contributed by atoms with E-state index in [1.54, 1.807) is 20.8 Å². The topological polar surface area (TPSA) is 75.6 Å². The molecule has 6 saturated carbocycles. The van der Waals surface area contributed by atoms with Gasteiger partial charge < -0.3 is 15.2 Å². The van der Waals surface area contributed by atoms with Gasteiger partial charge in [-0.05, 0) is 74.0 Å². The van der Waals surface area contributed by atoms with Gasteiger partial charge in [0.05, 0.1) is 0 Å². The van der Waals surface area contributed by atoms with Gasteiger partial charge >= 0.3 is 12.1 Å². The smallest absolute Gasteiger partial charge is 0.408 e. The average molecular weight is 291 g/mol. The normalized spacial score (nSPS) is 53.8. The molecular formula is C16H21NO4. The fourth-order valence-electron chi connectivity index (χ4n) is 7.08. The Balaban J connectivity index is 1.26. The minimum absolute atomic E-state index is 0.285. The van der Waals surface area contributed by atoms with Gasteiger partial charge in [0.15, 0.2) is 0 Å². The van der Waals surface area contributed by atoms with Crippen molar-refractivity contribution in [2.75, 3.05) is 0 Å². The zero-order chi connectivity index (χ0) is 14.9. The van der Waals surface area contributed by atoms with Crippen LogP contribution < -0.4 is 5.32 Å². The average Bonchev–Trinajstić information content (AvgIpc) is 2.36. The van der Waals surface area contributed by atoms with Crippen LogP contribution in [0, 0.1) is 46.8 Å². The van der Waals surface area contributed by atoms with Crippen molar-refractivity contribution in [1.29, 1.82) is 0 Å². The van der Waals surface area contributed by atoms with Crippen LogP contribution >= 0.6 is 0 Å². The maximum Gasteiger partial charge on any atom is 0.408 e. The highest BCUT2D eigenvalue weighted by Gasteiger charge is 3.03. The van der Waals surface area contributed by atoms with Crippen LogP contribution in [-0.2, 0) is 9.53 Å². The molecule has 0 spiro atoms. The number of carboxylic acid groups (broad SMARTS) is 1. The molecule has 5 heteroatoms. The van der Waals surface area contributed by atoms with E-state index in [2.05, 4.69) is 5.32 Å². The second-order valence-electron chi connectivity index (χ2n) is 8.74. The highest BCUT2D eigenvalue weighted by atomic mass is 16.6. The van der Waals surface area contributed by atoms with E-state index in [4.69, 9.17) is 4.74 Å². The Bertz CT molecular complexity index is 527. The molecule has 0 aromatic heterocycles. The lowest BCUT2D eigenvalue weighted by Crippen LogP contribution is -3.05. The Morgan fingerprint density at radius 2 is 1.67 bits per heavy atom. The number of nitrogens with one attached hydrogen (secondary N) is 1. The van der Waals surface area contributed by atoms with Gasteiger partial charge in [-0.2, -0.15) is 0 Å². The summed E-state index contributed by atoms with van der Waals surface area (Å²) < 4.78 is 5.19. The van der Waals surface area contributed by atoms with Crippen LogP contribution in [0.2, 0.25) is 0 Å². The van der Waals surface area contributed by atoms with Crippen LogP contribution in [0.3, 0.4) is 0 Å². The first-order valence-electron chi connectivity index (χ1n) is 8.00. The molecule has 6 aliphatic carbocycles. The molecule has 1 unspecified atom stereocenters. The summed E-state index contributed by atoms with van der Waals surface area (Å²) in [4.78, 5) is 23.3. The molecule has 1 atom stereocenters. The van der Waals surface area contributed by atoms with E-state index in [1.165, 1.54) is 0 Å². The summed E-state index contributed by atoms with van der Waals surface area (Å²) in [6, 6.07) is -0.801. The van der Waals surface area contributed by atoms with Crippen molar-refractivity contribution in [2.24, 2.45) is 46.8 Å². The number of hydrogen-bond donors (Lipinski definition) is 2. The standard InChI is InChI=1S/C16H21NO4/c1-15(2,3)21-14(20)17-5(13(18)19)4-16-10-7-6-8(10)12(16)9(6)11(7)16/h5-12H,4H2,1-3H3,(H,17,20)(H,18,19). The van der Waals surface area contributed by atoms with E-state index in [9.17, 15) is 14.7 Å². The third-order valence-electron chi connectivity index (χ3n) is 7.23. The number of carbonyl (C=O) groups is 2. The van der Waals surface area contributed by atoms with Gasteiger partial charge in [-0.3, -0.25) is 0 Å². The lowest BCUT2D eigenvalue weighted by Gasteiger charge is -3.08. The Hall–Kier alpha value is -1.26. The summed E-state index contributed by atoms with van der Waals surface area (Å²) >= 11 is 0. The zero-order valence-corrected chi connectivity index (χ0v) is 12.5. The van der Waals surface area contributed by atoms with Crippen molar-refractivity contribution in [3.05, 3.63) is 0 Å². The molecule has 1 amide bonds. The van der Waals surface area contributed by atoms with Crippen molar-refractivity contribution >= 4 is 12.1 Å². The molecule has 0 aromatic carbocycles. The SMILES string of the molecule is CC(C)(C)OC(=O)NC(CC12C3C4C5C3C1C5C42)C(=O)O. The minimum atomic E-state index is -0.936. The van der Waals surface area contributed by atoms with E-state index in [-0.39, 0.29) is 5.41 Å². The van der Waals surface area contributed by atoms with Crippen LogP contribution in [0.25, 0.3) is 0 Å². The molecule has 0 heterocycles. The van der Waals surface area contributed by atoms with Crippen molar-refractivity contribution in [3.8, 4) is 0 Å². The van der Waals surface area contributed by atoms with E-state index >= 15 is 0 Å². The molecule has 6 fully saturated rings. The van der Waals surface area contributed by atoms with Gasteiger partial charge in [-0.25, -0.2) is 9.59 Å². The van der Waals surface area contributed by atoms with Crippen LogP contribution in [0.1, 0.15) is 27.2 Å². The first-order valence-corrected chi connectivity index (χ1v) is 8.00. The summed E-state index contributed by atoms with van der Waals surface area (Å²) in [5.74, 6) is 5.27. The van der Waals surface area contributed by atoms with Crippen molar-refractivity contribution in [3.63, 3.8) is 0 Å².